The fourth-order valence-electron chi connectivity index (χ4n) is 2.97. The lowest BCUT2D eigenvalue weighted by molar-refractivity contribution is 0.0697. The summed E-state index contributed by atoms with van der Waals surface area (Å²) in [6.07, 6.45) is 0. The van der Waals surface area contributed by atoms with Gasteiger partial charge in [-0.05, 0) is 42.3 Å². The first-order chi connectivity index (χ1) is 15.0. The lowest BCUT2D eigenvalue weighted by Gasteiger charge is -2.16. The van der Waals surface area contributed by atoms with E-state index in [1.807, 2.05) is 37.3 Å². The second-order valence-corrected chi connectivity index (χ2v) is 7.62. The van der Waals surface area contributed by atoms with E-state index >= 15 is 0 Å². The summed E-state index contributed by atoms with van der Waals surface area (Å²) in [7, 11) is 0. The molecule has 3 aromatic rings. The van der Waals surface area contributed by atoms with Gasteiger partial charge in [0.25, 0.3) is 0 Å². The maximum atomic E-state index is 10.9. The van der Waals surface area contributed by atoms with E-state index in [9.17, 15) is 4.79 Å². The molecule has 0 aliphatic carbocycles. The highest BCUT2D eigenvalue weighted by atomic mass is 35.5. The molecule has 0 saturated heterocycles. The average molecular weight is 460 g/mol. The number of carboxylic acid groups (broad SMARTS) is 1. The number of hydrogen-bond acceptors (Lipinski definition) is 4. The highest BCUT2D eigenvalue weighted by molar-refractivity contribution is 6.31. The molecule has 3 rings (SSSR count). The molecule has 0 aliphatic heterocycles. The second-order valence-electron chi connectivity index (χ2n) is 6.81. The second kappa shape index (κ2) is 11.0. The fraction of sp³-hybridized carbons (Fsp3) is 0.208. The zero-order valence-corrected chi connectivity index (χ0v) is 18.5. The van der Waals surface area contributed by atoms with Gasteiger partial charge in [-0.15, -0.1) is 0 Å². The van der Waals surface area contributed by atoms with Crippen molar-refractivity contribution in [3.8, 4) is 11.5 Å². The van der Waals surface area contributed by atoms with E-state index in [1.54, 1.807) is 30.3 Å². The van der Waals surface area contributed by atoms with Crippen molar-refractivity contribution in [1.82, 2.24) is 5.32 Å². The molecule has 0 spiro atoms. The van der Waals surface area contributed by atoms with Gasteiger partial charge < -0.3 is 19.9 Å². The number of hydrogen-bond donors (Lipinski definition) is 2. The lowest BCUT2D eigenvalue weighted by Crippen LogP contribution is -2.13. The number of ether oxygens (including phenoxy) is 2. The molecule has 0 atom stereocenters. The van der Waals surface area contributed by atoms with Gasteiger partial charge in [0.05, 0.1) is 12.2 Å². The van der Waals surface area contributed by atoms with Crippen LogP contribution in [0, 0.1) is 0 Å². The molecule has 162 valence electrons. The van der Waals surface area contributed by atoms with Gasteiger partial charge in [0.1, 0.15) is 6.61 Å². The maximum absolute atomic E-state index is 10.9. The maximum Gasteiger partial charge on any atom is 0.335 e. The standard InChI is InChI=1S/C24H23Cl2NO4/c1-2-30-22-11-19(14-27-13-16-7-9-17(10-8-16)24(28)29)21(26)12-23(22)31-15-18-5-3-4-6-20(18)25/h3-12,27H,2,13-15H2,1H3,(H,28,29). The predicted octanol–water partition coefficient (Wildman–Crippen LogP) is 5.96. The number of rotatable bonds is 10. The van der Waals surface area contributed by atoms with E-state index in [0.717, 1.165) is 16.7 Å². The van der Waals surface area contributed by atoms with Gasteiger partial charge in [0.15, 0.2) is 11.5 Å². The van der Waals surface area contributed by atoms with Crippen LogP contribution in [-0.4, -0.2) is 17.7 Å². The van der Waals surface area contributed by atoms with Crippen LogP contribution in [0.5, 0.6) is 11.5 Å². The highest BCUT2D eigenvalue weighted by Gasteiger charge is 2.12. The van der Waals surface area contributed by atoms with E-state index in [0.29, 0.717) is 47.8 Å². The molecule has 0 bridgehead atoms. The Balaban J connectivity index is 1.66. The Labute approximate surface area is 191 Å². The van der Waals surface area contributed by atoms with Gasteiger partial charge in [-0.2, -0.15) is 0 Å². The van der Waals surface area contributed by atoms with Gasteiger partial charge in [0.2, 0.25) is 0 Å². The third-order valence-corrected chi connectivity index (χ3v) is 5.32. The number of aromatic carboxylic acids is 1. The summed E-state index contributed by atoms with van der Waals surface area (Å²) < 4.78 is 11.7. The minimum Gasteiger partial charge on any atom is -0.490 e. The summed E-state index contributed by atoms with van der Waals surface area (Å²) in [6.45, 7) is 3.80. The van der Waals surface area contributed by atoms with Crippen molar-refractivity contribution in [2.75, 3.05) is 6.61 Å². The van der Waals surface area contributed by atoms with Crippen LogP contribution in [0.1, 0.15) is 34.0 Å². The molecule has 0 heterocycles. The van der Waals surface area contributed by atoms with Gasteiger partial charge in [0, 0.05) is 34.8 Å². The van der Waals surface area contributed by atoms with Crippen LogP contribution >= 0.6 is 23.2 Å². The summed E-state index contributed by atoms with van der Waals surface area (Å²) in [4.78, 5) is 10.9. The van der Waals surface area contributed by atoms with Crippen LogP contribution in [-0.2, 0) is 19.7 Å². The molecular weight excluding hydrogens is 437 g/mol. The van der Waals surface area contributed by atoms with E-state index in [-0.39, 0.29) is 5.56 Å². The van der Waals surface area contributed by atoms with E-state index < -0.39 is 5.97 Å². The van der Waals surface area contributed by atoms with Crippen molar-refractivity contribution >= 4 is 29.2 Å². The van der Waals surface area contributed by atoms with Crippen LogP contribution in [0.15, 0.2) is 60.7 Å². The quantitative estimate of drug-likeness (QED) is 0.391. The molecule has 3 aromatic carbocycles. The summed E-state index contributed by atoms with van der Waals surface area (Å²) in [6, 6.07) is 17.9. The first kappa shape index (κ1) is 22.9. The van der Waals surface area contributed by atoms with Gasteiger partial charge >= 0.3 is 5.97 Å². The van der Waals surface area contributed by atoms with Gasteiger partial charge in [-0.1, -0.05) is 53.5 Å². The molecule has 31 heavy (non-hydrogen) atoms. The number of nitrogens with one attached hydrogen (secondary N) is 1. The van der Waals surface area contributed by atoms with Crippen molar-refractivity contribution in [2.45, 2.75) is 26.6 Å². The molecule has 0 radical (unpaired) electrons. The molecule has 2 N–H and O–H groups in total. The zero-order valence-electron chi connectivity index (χ0n) is 17.0. The van der Waals surface area contributed by atoms with Crippen molar-refractivity contribution < 1.29 is 19.4 Å². The first-order valence-corrected chi connectivity index (χ1v) is 10.6. The minimum atomic E-state index is -0.938. The topological polar surface area (TPSA) is 67.8 Å². The highest BCUT2D eigenvalue weighted by Crippen LogP contribution is 2.34. The predicted molar refractivity (Wildman–Crippen MR) is 122 cm³/mol. The van der Waals surface area contributed by atoms with Crippen LogP contribution in [0.4, 0.5) is 0 Å². The van der Waals surface area contributed by atoms with Crippen molar-refractivity contribution in [2.24, 2.45) is 0 Å². The Morgan fingerprint density at radius 3 is 2.29 bits per heavy atom. The number of halogens is 2. The van der Waals surface area contributed by atoms with Gasteiger partial charge in [-0.25, -0.2) is 4.79 Å². The van der Waals surface area contributed by atoms with Crippen molar-refractivity contribution in [3.05, 3.63) is 93.0 Å². The third kappa shape index (κ3) is 6.37. The van der Waals surface area contributed by atoms with Crippen LogP contribution < -0.4 is 14.8 Å². The van der Waals surface area contributed by atoms with Crippen molar-refractivity contribution in [3.63, 3.8) is 0 Å². The Hall–Kier alpha value is -2.73. The first-order valence-electron chi connectivity index (χ1n) is 9.82. The molecule has 0 fully saturated rings. The Bertz CT molecular complexity index is 1040. The molecule has 0 saturated carbocycles. The molecule has 0 aromatic heterocycles. The molecule has 0 amide bonds. The van der Waals surface area contributed by atoms with Crippen LogP contribution in [0.3, 0.4) is 0 Å². The molecule has 0 unspecified atom stereocenters. The molecule has 7 heteroatoms. The summed E-state index contributed by atoms with van der Waals surface area (Å²) >= 11 is 12.7. The largest absolute Gasteiger partial charge is 0.490 e. The Morgan fingerprint density at radius 1 is 0.903 bits per heavy atom. The fourth-order valence-corrected chi connectivity index (χ4v) is 3.38. The monoisotopic (exact) mass is 459 g/mol. The normalized spacial score (nSPS) is 10.7. The number of carbonyl (C=O) groups is 1. The van der Waals surface area contributed by atoms with Gasteiger partial charge in [-0.3, -0.25) is 0 Å². The third-order valence-electron chi connectivity index (χ3n) is 4.60. The van der Waals surface area contributed by atoms with Crippen LogP contribution in [0.25, 0.3) is 0 Å². The number of carboxylic acids is 1. The Morgan fingerprint density at radius 2 is 1.61 bits per heavy atom. The number of benzene rings is 3. The molecule has 5 nitrogen and oxygen atoms in total. The SMILES string of the molecule is CCOc1cc(CNCc2ccc(C(=O)O)cc2)c(Cl)cc1OCc1ccccc1Cl. The summed E-state index contributed by atoms with van der Waals surface area (Å²) in [5.74, 6) is 0.230. The van der Waals surface area contributed by atoms with E-state index in [1.165, 1.54) is 0 Å². The smallest absolute Gasteiger partial charge is 0.335 e. The van der Waals surface area contributed by atoms with Crippen LogP contribution in [0.2, 0.25) is 10.0 Å². The Kier molecular flexibility index (Phi) is 8.18. The lowest BCUT2D eigenvalue weighted by atomic mass is 10.1. The minimum absolute atomic E-state index is 0.264. The van der Waals surface area contributed by atoms with E-state index in [2.05, 4.69) is 5.32 Å². The van der Waals surface area contributed by atoms with Crippen molar-refractivity contribution in [1.29, 1.82) is 0 Å². The zero-order chi connectivity index (χ0) is 22.2. The molecule has 0 aliphatic rings. The van der Waals surface area contributed by atoms with E-state index in [4.69, 9.17) is 37.8 Å². The molecular formula is C24H23Cl2NO4. The summed E-state index contributed by atoms with van der Waals surface area (Å²) in [5, 5.41) is 13.5. The summed E-state index contributed by atoms with van der Waals surface area (Å²) in [5.41, 5.74) is 2.99. The average Bonchev–Trinajstić information content (AvgIpc) is 2.76.